The summed E-state index contributed by atoms with van der Waals surface area (Å²) in [5, 5.41) is 1.85. The van der Waals surface area contributed by atoms with Crippen LogP contribution in [-0.2, 0) is 0 Å². The quantitative estimate of drug-likeness (QED) is 0.835. The predicted molar refractivity (Wildman–Crippen MR) is 51.3 cm³/mol. The van der Waals surface area contributed by atoms with Crippen LogP contribution < -0.4 is 5.73 Å². The van der Waals surface area contributed by atoms with Gasteiger partial charge in [-0.1, -0.05) is 0 Å². The highest BCUT2D eigenvalue weighted by atomic mass is 32.1. The van der Waals surface area contributed by atoms with Gasteiger partial charge in [0.15, 0.2) is 0 Å². The second-order valence-electron chi connectivity index (χ2n) is 3.23. The summed E-state index contributed by atoms with van der Waals surface area (Å²) in [7, 11) is 0. The number of aryl methyl sites for hydroxylation is 1. The summed E-state index contributed by atoms with van der Waals surface area (Å²) in [5.41, 5.74) is 6.63. The van der Waals surface area contributed by atoms with Gasteiger partial charge in [0.1, 0.15) is 0 Å². The molecule has 0 amide bonds. The Morgan fingerprint density at radius 1 is 1.50 bits per heavy atom. The lowest BCUT2D eigenvalue weighted by Crippen LogP contribution is -2.15. The molecule has 0 bridgehead atoms. The molecule has 0 unspecified atom stereocenters. The summed E-state index contributed by atoms with van der Waals surface area (Å²) in [6.07, 6.45) is -4.96. The van der Waals surface area contributed by atoms with Crippen molar-refractivity contribution in [2.75, 3.05) is 0 Å². The minimum Gasteiger partial charge on any atom is -0.323 e. The maximum atomic E-state index is 11.9. The van der Waals surface area contributed by atoms with Crippen molar-refractivity contribution in [1.29, 1.82) is 0 Å². The van der Waals surface area contributed by atoms with Gasteiger partial charge < -0.3 is 5.73 Å². The van der Waals surface area contributed by atoms with Crippen molar-refractivity contribution in [3.63, 3.8) is 0 Å². The first-order valence-electron chi connectivity index (χ1n) is 4.26. The molecule has 0 fully saturated rings. The Labute approximate surface area is 84.7 Å². The zero-order valence-corrected chi connectivity index (χ0v) is 8.58. The van der Waals surface area contributed by atoms with Crippen molar-refractivity contribution in [1.82, 2.24) is 0 Å². The first kappa shape index (κ1) is 11.5. The molecule has 0 saturated carbocycles. The second-order valence-corrected chi connectivity index (χ2v) is 4.18. The molecule has 1 nitrogen and oxygen atoms in total. The van der Waals surface area contributed by atoms with Crippen LogP contribution in [0.25, 0.3) is 0 Å². The molecule has 0 aromatic carbocycles. The van der Waals surface area contributed by atoms with Gasteiger partial charge in [0.05, 0.1) is 0 Å². The molecule has 0 radical (unpaired) electrons. The van der Waals surface area contributed by atoms with E-state index >= 15 is 0 Å². The van der Waals surface area contributed by atoms with E-state index in [-0.39, 0.29) is 6.42 Å². The molecule has 1 rings (SSSR count). The van der Waals surface area contributed by atoms with Gasteiger partial charge in [-0.05, 0) is 30.4 Å². The van der Waals surface area contributed by atoms with Crippen molar-refractivity contribution in [3.05, 3.63) is 21.9 Å². The molecule has 1 aromatic heterocycles. The highest BCUT2D eigenvalue weighted by molar-refractivity contribution is 7.10. The highest BCUT2D eigenvalue weighted by Crippen LogP contribution is 2.29. The molecule has 1 heterocycles. The molecule has 1 aromatic rings. The predicted octanol–water partition coefficient (Wildman–Crippen LogP) is 3.40. The Bertz CT molecular complexity index is 292. The van der Waals surface area contributed by atoms with Gasteiger partial charge in [-0.2, -0.15) is 13.2 Å². The van der Waals surface area contributed by atoms with E-state index in [0.29, 0.717) is 0 Å². The fourth-order valence-electron chi connectivity index (χ4n) is 1.21. The van der Waals surface area contributed by atoms with Crippen molar-refractivity contribution >= 4 is 11.3 Å². The third kappa shape index (κ3) is 3.31. The Morgan fingerprint density at radius 2 is 2.14 bits per heavy atom. The summed E-state index contributed by atoms with van der Waals surface area (Å²) in [4.78, 5) is 0.856. The van der Waals surface area contributed by atoms with Crippen LogP contribution in [0.2, 0.25) is 0 Å². The first-order valence-corrected chi connectivity index (χ1v) is 5.14. The van der Waals surface area contributed by atoms with Gasteiger partial charge in [0.25, 0.3) is 0 Å². The van der Waals surface area contributed by atoms with Crippen LogP contribution in [0.5, 0.6) is 0 Å². The molecule has 0 aliphatic rings. The van der Waals surface area contributed by atoms with E-state index in [1.807, 2.05) is 18.4 Å². The van der Waals surface area contributed by atoms with E-state index in [0.717, 1.165) is 10.4 Å². The normalized spacial score (nSPS) is 14.4. The molecular formula is C9H12F3NS. The van der Waals surface area contributed by atoms with Crippen molar-refractivity contribution in [3.8, 4) is 0 Å². The van der Waals surface area contributed by atoms with Gasteiger partial charge in [-0.25, -0.2) is 0 Å². The first-order chi connectivity index (χ1) is 6.40. The summed E-state index contributed by atoms with van der Waals surface area (Å²) < 4.78 is 35.7. The Kier molecular flexibility index (Phi) is 3.55. The molecule has 5 heteroatoms. The van der Waals surface area contributed by atoms with E-state index in [2.05, 4.69) is 0 Å². The summed E-state index contributed by atoms with van der Waals surface area (Å²) in [5.74, 6) is 0. The van der Waals surface area contributed by atoms with E-state index in [1.54, 1.807) is 0 Å². The number of thiophene rings is 1. The van der Waals surface area contributed by atoms with Crippen LogP contribution in [0, 0.1) is 6.92 Å². The van der Waals surface area contributed by atoms with Crippen molar-refractivity contribution < 1.29 is 13.2 Å². The number of hydrogen-bond donors (Lipinski definition) is 1. The summed E-state index contributed by atoms with van der Waals surface area (Å²) >= 11 is 1.42. The van der Waals surface area contributed by atoms with Gasteiger partial charge in [-0.15, -0.1) is 11.3 Å². The average Bonchev–Trinajstić information content (AvgIpc) is 2.46. The van der Waals surface area contributed by atoms with Gasteiger partial charge in [-0.3, -0.25) is 0 Å². The number of rotatable bonds is 3. The molecule has 0 aliphatic carbocycles. The Balaban J connectivity index is 2.51. The average molecular weight is 223 g/mol. The van der Waals surface area contributed by atoms with Crippen LogP contribution >= 0.6 is 11.3 Å². The highest BCUT2D eigenvalue weighted by Gasteiger charge is 2.28. The van der Waals surface area contributed by atoms with E-state index in [9.17, 15) is 13.2 Å². The van der Waals surface area contributed by atoms with Crippen molar-refractivity contribution in [2.45, 2.75) is 32.0 Å². The van der Waals surface area contributed by atoms with Crippen LogP contribution in [-0.4, -0.2) is 6.18 Å². The van der Waals surface area contributed by atoms with Gasteiger partial charge in [0, 0.05) is 17.3 Å². The van der Waals surface area contributed by atoms with Crippen LogP contribution in [0.3, 0.4) is 0 Å². The molecule has 80 valence electrons. The number of alkyl halides is 3. The molecule has 0 spiro atoms. The fourth-order valence-corrected chi connectivity index (χ4v) is 2.18. The van der Waals surface area contributed by atoms with E-state index < -0.39 is 18.6 Å². The lowest BCUT2D eigenvalue weighted by atomic mass is 10.1. The number of nitrogens with two attached hydrogens (primary N) is 1. The molecule has 0 saturated heterocycles. The largest absolute Gasteiger partial charge is 0.389 e. The zero-order chi connectivity index (χ0) is 10.8. The summed E-state index contributed by atoms with van der Waals surface area (Å²) in [6, 6.07) is 1.38. The van der Waals surface area contributed by atoms with E-state index in [1.165, 1.54) is 11.3 Å². The number of halogens is 3. The molecular weight excluding hydrogens is 211 g/mol. The van der Waals surface area contributed by atoms with Gasteiger partial charge in [0.2, 0.25) is 0 Å². The number of hydrogen-bond acceptors (Lipinski definition) is 2. The standard InChI is InChI=1S/C9H12F3NS/c1-6-3-5-14-8(6)7(13)2-4-9(10,11)12/h3,5,7H,2,4,13H2,1H3/t7-/m0/s1. The molecule has 1 atom stereocenters. The molecule has 2 N–H and O–H groups in total. The maximum absolute atomic E-state index is 11.9. The maximum Gasteiger partial charge on any atom is 0.389 e. The second kappa shape index (κ2) is 4.31. The van der Waals surface area contributed by atoms with Crippen LogP contribution in [0.4, 0.5) is 13.2 Å². The minimum atomic E-state index is -4.11. The lowest BCUT2D eigenvalue weighted by molar-refractivity contribution is -0.136. The minimum absolute atomic E-state index is 0.0369. The monoisotopic (exact) mass is 223 g/mol. The van der Waals surface area contributed by atoms with Crippen LogP contribution in [0.1, 0.15) is 29.3 Å². The third-order valence-electron chi connectivity index (χ3n) is 1.98. The Morgan fingerprint density at radius 3 is 2.57 bits per heavy atom. The fraction of sp³-hybridized carbons (Fsp3) is 0.556. The Hall–Kier alpha value is -0.550. The lowest BCUT2D eigenvalue weighted by Gasteiger charge is -2.12. The SMILES string of the molecule is Cc1ccsc1[C@@H](N)CCC(F)(F)F. The molecule has 0 aliphatic heterocycles. The van der Waals surface area contributed by atoms with Gasteiger partial charge >= 0.3 is 6.18 Å². The van der Waals surface area contributed by atoms with Crippen LogP contribution in [0.15, 0.2) is 11.4 Å². The van der Waals surface area contributed by atoms with E-state index in [4.69, 9.17) is 5.73 Å². The summed E-state index contributed by atoms with van der Waals surface area (Å²) in [6.45, 7) is 1.86. The topological polar surface area (TPSA) is 26.0 Å². The third-order valence-corrected chi connectivity index (χ3v) is 3.13. The smallest absolute Gasteiger partial charge is 0.323 e. The zero-order valence-electron chi connectivity index (χ0n) is 7.77. The molecule has 14 heavy (non-hydrogen) atoms. The van der Waals surface area contributed by atoms with Crippen molar-refractivity contribution in [2.24, 2.45) is 5.73 Å².